The van der Waals surface area contributed by atoms with E-state index in [0.717, 1.165) is 58.1 Å². The molecule has 1 atom stereocenters. The van der Waals surface area contributed by atoms with Gasteiger partial charge in [0.05, 0.1) is 38.6 Å². The molecule has 6 nitrogen and oxygen atoms in total. The summed E-state index contributed by atoms with van der Waals surface area (Å²) in [4.78, 5) is 19.2. The fraction of sp³-hybridized carbons (Fsp3) is 0.241. The molecule has 4 aromatic rings. The highest BCUT2D eigenvalue weighted by atomic mass is 35.5. The van der Waals surface area contributed by atoms with Crippen molar-refractivity contribution >= 4 is 51.8 Å². The third-order valence-corrected chi connectivity index (χ3v) is 7.16. The Morgan fingerprint density at radius 2 is 1.73 bits per heavy atom. The van der Waals surface area contributed by atoms with Crippen molar-refractivity contribution in [3.63, 3.8) is 0 Å². The Morgan fingerprint density at radius 3 is 2.32 bits per heavy atom. The van der Waals surface area contributed by atoms with Crippen molar-refractivity contribution in [2.45, 2.75) is 24.9 Å². The Bertz CT molecular complexity index is 1460. The molecule has 3 N–H and O–H groups in total. The van der Waals surface area contributed by atoms with Crippen LogP contribution in [0.15, 0.2) is 54.6 Å². The van der Waals surface area contributed by atoms with Crippen molar-refractivity contribution in [1.29, 1.82) is 0 Å². The Hall–Kier alpha value is -3.16. The smallest absolute Gasteiger partial charge is 0.154 e. The summed E-state index contributed by atoms with van der Waals surface area (Å²) < 4.78 is 0. The van der Waals surface area contributed by atoms with Gasteiger partial charge in [0.2, 0.25) is 0 Å². The van der Waals surface area contributed by atoms with E-state index in [4.69, 9.17) is 28.2 Å². The zero-order chi connectivity index (χ0) is 26.3. The summed E-state index contributed by atoms with van der Waals surface area (Å²) in [7, 11) is 3.83. The number of nitrogens with one attached hydrogen (secondary N) is 1. The molecule has 1 heterocycles. The second-order valence-electron chi connectivity index (χ2n) is 9.72. The molecule has 1 aliphatic rings. The summed E-state index contributed by atoms with van der Waals surface area (Å²) in [6.45, 7) is 0.524. The van der Waals surface area contributed by atoms with Crippen LogP contribution in [-0.4, -0.2) is 47.0 Å². The van der Waals surface area contributed by atoms with Gasteiger partial charge in [-0.2, -0.15) is 0 Å². The molecule has 1 saturated carbocycles. The molecule has 0 aliphatic heterocycles. The summed E-state index contributed by atoms with van der Waals surface area (Å²) in [5.74, 6) is 0.122. The van der Waals surface area contributed by atoms with Crippen molar-refractivity contribution in [3.8, 4) is 16.9 Å². The third-order valence-electron chi connectivity index (χ3n) is 6.59. The van der Waals surface area contributed by atoms with Crippen LogP contribution in [0.4, 0.5) is 11.4 Å². The van der Waals surface area contributed by atoms with Crippen LogP contribution in [0.3, 0.4) is 0 Å². The summed E-state index contributed by atoms with van der Waals surface area (Å²) in [5, 5.41) is 25.0. The van der Waals surface area contributed by atoms with Gasteiger partial charge >= 0.3 is 0 Å². The largest absolute Gasteiger partial charge is 0.505 e. The number of aromatic hydroxyl groups is 1. The number of anilines is 2. The van der Waals surface area contributed by atoms with Gasteiger partial charge in [0.1, 0.15) is 0 Å². The molecule has 1 aliphatic carbocycles. The third kappa shape index (κ3) is 5.29. The lowest BCUT2D eigenvalue weighted by Crippen LogP contribution is -2.19. The van der Waals surface area contributed by atoms with Gasteiger partial charge in [-0.25, -0.2) is 0 Å². The fourth-order valence-electron chi connectivity index (χ4n) is 4.51. The number of halogens is 2. The average molecular weight is 536 g/mol. The van der Waals surface area contributed by atoms with E-state index >= 15 is 0 Å². The predicted octanol–water partition coefficient (Wildman–Crippen LogP) is 6.94. The summed E-state index contributed by atoms with van der Waals surface area (Å²) in [5.41, 5.74) is 5.97. The number of carbonyl (C=O) groups is 1. The van der Waals surface area contributed by atoms with Gasteiger partial charge in [-0.3, -0.25) is 9.78 Å². The molecular weight excluding hydrogens is 509 g/mol. The van der Waals surface area contributed by atoms with E-state index in [1.807, 2.05) is 61.5 Å². The number of aromatic nitrogens is 1. The first-order chi connectivity index (χ1) is 17.7. The van der Waals surface area contributed by atoms with Crippen molar-refractivity contribution < 1.29 is 15.0 Å². The van der Waals surface area contributed by atoms with Gasteiger partial charge < -0.3 is 20.4 Å². The number of hydrogen-bond acceptors (Lipinski definition) is 6. The zero-order valence-electron chi connectivity index (χ0n) is 20.5. The number of aliphatic hydroxyl groups excluding tert-OH is 1. The van der Waals surface area contributed by atoms with E-state index < -0.39 is 6.10 Å². The van der Waals surface area contributed by atoms with Crippen molar-refractivity contribution in [2.24, 2.45) is 0 Å². The predicted molar refractivity (Wildman–Crippen MR) is 149 cm³/mol. The molecule has 0 radical (unpaired) electrons. The summed E-state index contributed by atoms with van der Waals surface area (Å²) in [6.07, 6.45) is 2.31. The quantitative estimate of drug-likeness (QED) is 0.212. The van der Waals surface area contributed by atoms with Gasteiger partial charge in [0.25, 0.3) is 0 Å². The van der Waals surface area contributed by atoms with Gasteiger partial charge in [-0.05, 0) is 80.0 Å². The number of phenolic OH excluding ortho intramolecular Hbond substituents is 1. The number of pyridine rings is 1. The first kappa shape index (κ1) is 25.5. The number of phenols is 1. The Balaban J connectivity index is 1.60. The Kier molecular flexibility index (Phi) is 7.10. The zero-order valence-corrected chi connectivity index (χ0v) is 22.0. The average Bonchev–Trinajstić information content (AvgIpc) is 3.72. The van der Waals surface area contributed by atoms with Crippen LogP contribution in [0.1, 0.15) is 46.5 Å². The minimum atomic E-state index is -0.593. The number of carbonyl (C=O) groups excluding carboxylic acids is 1. The number of likely N-dealkylation sites (N-methyl/N-ethyl adjacent to an activating group) is 1. The molecule has 37 heavy (non-hydrogen) atoms. The molecule has 8 heteroatoms. The summed E-state index contributed by atoms with van der Waals surface area (Å²) in [6, 6.07) is 16.7. The van der Waals surface area contributed by atoms with E-state index in [9.17, 15) is 15.0 Å². The highest BCUT2D eigenvalue weighted by Gasteiger charge is 2.30. The second kappa shape index (κ2) is 10.3. The van der Waals surface area contributed by atoms with E-state index in [1.165, 1.54) is 0 Å². The number of hydrogen-bond donors (Lipinski definition) is 3. The Morgan fingerprint density at radius 1 is 1.05 bits per heavy atom. The summed E-state index contributed by atoms with van der Waals surface area (Å²) >= 11 is 12.3. The normalized spacial score (nSPS) is 14.2. The van der Waals surface area contributed by atoms with Gasteiger partial charge in [0, 0.05) is 23.5 Å². The van der Waals surface area contributed by atoms with Gasteiger partial charge in [0.15, 0.2) is 12.0 Å². The van der Waals surface area contributed by atoms with Crippen LogP contribution < -0.4 is 5.32 Å². The van der Waals surface area contributed by atoms with Crippen LogP contribution in [0, 0.1) is 0 Å². The molecule has 3 aromatic carbocycles. The minimum Gasteiger partial charge on any atom is -0.505 e. The van der Waals surface area contributed by atoms with E-state index in [1.54, 1.807) is 12.1 Å². The van der Waals surface area contributed by atoms with Gasteiger partial charge in [-0.1, -0.05) is 41.4 Å². The van der Waals surface area contributed by atoms with E-state index in [-0.39, 0.29) is 21.7 Å². The SMILES string of the molecule is CN(C)CC(O)c1ccc(Nc2c(C=O)c(C3CC3)nc3ccc(-c4cc(Cl)c(O)c(Cl)c4)cc23)cc1. The maximum atomic E-state index is 12.4. The molecule has 1 aromatic heterocycles. The molecular formula is C29H27Cl2N3O3. The lowest BCUT2D eigenvalue weighted by atomic mass is 9.98. The van der Waals surface area contributed by atoms with E-state index in [2.05, 4.69) is 5.32 Å². The lowest BCUT2D eigenvalue weighted by molar-refractivity contribution is 0.112. The van der Waals surface area contributed by atoms with Crippen molar-refractivity contribution in [3.05, 3.63) is 81.5 Å². The lowest BCUT2D eigenvalue weighted by Gasteiger charge is -2.18. The number of benzene rings is 3. The molecule has 0 spiro atoms. The number of rotatable bonds is 8. The first-order valence-electron chi connectivity index (χ1n) is 12.1. The highest BCUT2D eigenvalue weighted by molar-refractivity contribution is 6.37. The fourth-order valence-corrected chi connectivity index (χ4v) is 5.00. The minimum absolute atomic E-state index is 0.159. The highest BCUT2D eigenvalue weighted by Crippen LogP contribution is 2.45. The molecule has 0 saturated heterocycles. The van der Waals surface area contributed by atoms with Crippen molar-refractivity contribution in [2.75, 3.05) is 26.0 Å². The number of fused-ring (bicyclic) bond motifs is 1. The van der Waals surface area contributed by atoms with E-state index in [0.29, 0.717) is 17.8 Å². The molecule has 0 amide bonds. The number of nitrogens with zero attached hydrogens (tertiary/aromatic N) is 2. The van der Waals surface area contributed by atoms with Crippen LogP contribution in [0.2, 0.25) is 10.0 Å². The first-order valence-corrected chi connectivity index (χ1v) is 12.8. The molecule has 190 valence electrons. The molecule has 5 rings (SSSR count). The van der Waals surface area contributed by atoms with Crippen LogP contribution in [0.25, 0.3) is 22.0 Å². The number of aldehydes is 1. The topological polar surface area (TPSA) is 85.7 Å². The molecule has 1 fully saturated rings. The second-order valence-corrected chi connectivity index (χ2v) is 10.5. The standard InChI is InChI=1S/C29H27Cl2N3O3/c1-34(2)14-26(36)16-5-8-20(9-6-16)32-28-21-11-18(19-12-23(30)29(37)24(31)13-19)7-10-25(21)33-27(17-3-4-17)22(28)15-35/h5-13,15,17,26,36-37H,3-4,14H2,1-2H3,(H,32,33). The van der Waals surface area contributed by atoms with Gasteiger partial charge in [-0.15, -0.1) is 0 Å². The molecule has 1 unspecified atom stereocenters. The van der Waals surface area contributed by atoms with Crippen LogP contribution >= 0.6 is 23.2 Å². The number of aliphatic hydroxyl groups is 1. The van der Waals surface area contributed by atoms with Crippen LogP contribution in [-0.2, 0) is 0 Å². The maximum Gasteiger partial charge on any atom is 0.154 e. The Labute approximate surface area is 225 Å². The monoisotopic (exact) mass is 535 g/mol. The van der Waals surface area contributed by atoms with Crippen LogP contribution in [0.5, 0.6) is 5.75 Å². The van der Waals surface area contributed by atoms with Crippen molar-refractivity contribution in [1.82, 2.24) is 9.88 Å². The maximum absolute atomic E-state index is 12.4. The molecule has 0 bridgehead atoms.